The summed E-state index contributed by atoms with van der Waals surface area (Å²) in [6.07, 6.45) is 1.04. The van der Waals surface area contributed by atoms with Crippen LogP contribution in [-0.2, 0) is 9.53 Å². The summed E-state index contributed by atoms with van der Waals surface area (Å²) in [5, 5.41) is 5.71. The molecule has 4 nitrogen and oxygen atoms in total. The molecule has 1 fully saturated rings. The molecule has 0 radical (unpaired) electrons. The lowest BCUT2D eigenvalue weighted by molar-refractivity contribution is -0.115. The first-order valence-corrected chi connectivity index (χ1v) is 6.08. The summed E-state index contributed by atoms with van der Waals surface area (Å²) in [5.74, 6) is -0.0321. The molecule has 1 aromatic carbocycles. The quantitative estimate of drug-likeness (QED) is 0.832. The minimum Gasteiger partial charge on any atom is -0.381 e. The number of carbonyl (C=O) groups is 1. The van der Waals surface area contributed by atoms with Crippen LogP contribution in [0.25, 0.3) is 0 Å². The molecule has 1 heterocycles. The highest BCUT2D eigenvalue weighted by atomic mass is 19.1. The molecule has 98 valence electrons. The number of amides is 1. The van der Waals surface area contributed by atoms with E-state index >= 15 is 0 Å². The molecule has 1 saturated heterocycles. The van der Waals surface area contributed by atoms with E-state index in [0.29, 0.717) is 11.6 Å². The van der Waals surface area contributed by atoms with Crippen molar-refractivity contribution in [2.75, 3.05) is 31.6 Å². The molecule has 1 aliphatic heterocycles. The maximum atomic E-state index is 12.9. The Hall–Kier alpha value is -1.46. The van der Waals surface area contributed by atoms with Crippen LogP contribution >= 0.6 is 0 Å². The summed E-state index contributed by atoms with van der Waals surface area (Å²) in [7, 11) is 0. The van der Waals surface area contributed by atoms with Crippen molar-refractivity contribution >= 4 is 11.6 Å². The van der Waals surface area contributed by atoms with Gasteiger partial charge in [0.1, 0.15) is 5.82 Å². The van der Waals surface area contributed by atoms with Gasteiger partial charge < -0.3 is 15.4 Å². The number of ether oxygens (including phenoxy) is 1. The van der Waals surface area contributed by atoms with Crippen molar-refractivity contribution in [3.05, 3.63) is 30.1 Å². The van der Waals surface area contributed by atoms with Gasteiger partial charge in [-0.2, -0.15) is 0 Å². The van der Waals surface area contributed by atoms with Gasteiger partial charge in [0.05, 0.1) is 13.2 Å². The highest BCUT2D eigenvalue weighted by molar-refractivity contribution is 5.92. The maximum Gasteiger partial charge on any atom is 0.238 e. The van der Waals surface area contributed by atoms with Crippen molar-refractivity contribution in [2.24, 2.45) is 5.92 Å². The molecule has 1 aromatic rings. The van der Waals surface area contributed by atoms with Gasteiger partial charge in [-0.25, -0.2) is 4.39 Å². The van der Waals surface area contributed by atoms with Crippen LogP contribution in [0, 0.1) is 11.7 Å². The van der Waals surface area contributed by atoms with E-state index in [9.17, 15) is 9.18 Å². The van der Waals surface area contributed by atoms with Crippen LogP contribution in [0.4, 0.5) is 10.1 Å². The predicted octanol–water partition coefficient (Wildman–Crippen LogP) is 1.39. The minimum atomic E-state index is -0.358. The lowest BCUT2D eigenvalue weighted by atomic mass is 10.1. The van der Waals surface area contributed by atoms with E-state index in [2.05, 4.69) is 10.6 Å². The van der Waals surface area contributed by atoms with Gasteiger partial charge >= 0.3 is 0 Å². The van der Waals surface area contributed by atoms with Crippen molar-refractivity contribution in [3.8, 4) is 0 Å². The highest BCUT2D eigenvalue weighted by Crippen LogP contribution is 2.10. The molecule has 1 amide bonds. The average molecular weight is 252 g/mol. The molecule has 18 heavy (non-hydrogen) atoms. The normalized spacial score (nSPS) is 18.8. The number of anilines is 1. The number of halogens is 1. The van der Waals surface area contributed by atoms with Gasteiger partial charge in [-0.1, -0.05) is 6.07 Å². The molecular formula is C13H17FN2O2. The molecule has 2 rings (SSSR count). The van der Waals surface area contributed by atoms with Crippen LogP contribution in [0.15, 0.2) is 24.3 Å². The zero-order valence-electron chi connectivity index (χ0n) is 10.1. The third-order valence-electron chi connectivity index (χ3n) is 2.85. The lowest BCUT2D eigenvalue weighted by Gasteiger charge is -2.09. The summed E-state index contributed by atoms with van der Waals surface area (Å²) in [5.41, 5.74) is 0.478. The SMILES string of the molecule is O=C(CNCC1CCOC1)Nc1cccc(F)c1. The maximum absolute atomic E-state index is 12.9. The second kappa shape index (κ2) is 6.47. The van der Waals surface area contributed by atoms with Gasteiger partial charge in [0, 0.05) is 18.8 Å². The smallest absolute Gasteiger partial charge is 0.238 e. The van der Waals surface area contributed by atoms with Crippen LogP contribution in [0.1, 0.15) is 6.42 Å². The summed E-state index contributed by atoms with van der Waals surface area (Å²) in [4.78, 5) is 11.6. The average Bonchev–Trinajstić information content (AvgIpc) is 2.82. The topological polar surface area (TPSA) is 50.4 Å². The number of hydrogen-bond acceptors (Lipinski definition) is 3. The zero-order chi connectivity index (χ0) is 12.8. The molecule has 0 saturated carbocycles. The third-order valence-corrected chi connectivity index (χ3v) is 2.85. The van der Waals surface area contributed by atoms with Gasteiger partial charge in [0.25, 0.3) is 0 Å². The van der Waals surface area contributed by atoms with Crippen molar-refractivity contribution in [1.29, 1.82) is 0 Å². The molecule has 5 heteroatoms. The van der Waals surface area contributed by atoms with Crippen molar-refractivity contribution < 1.29 is 13.9 Å². The summed E-state index contributed by atoms with van der Waals surface area (Å²) in [6, 6.07) is 5.86. The van der Waals surface area contributed by atoms with Crippen molar-refractivity contribution in [1.82, 2.24) is 5.32 Å². The number of hydrogen-bond donors (Lipinski definition) is 2. The molecule has 1 unspecified atom stereocenters. The third kappa shape index (κ3) is 4.09. The second-order valence-electron chi connectivity index (χ2n) is 4.42. The fraction of sp³-hybridized carbons (Fsp3) is 0.462. The van der Waals surface area contributed by atoms with E-state index < -0.39 is 0 Å². The van der Waals surface area contributed by atoms with Crippen LogP contribution in [0.2, 0.25) is 0 Å². The van der Waals surface area contributed by atoms with Gasteiger partial charge in [0.2, 0.25) is 5.91 Å². The first kappa shape index (κ1) is 13.0. The van der Waals surface area contributed by atoms with Crippen LogP contribution in [-0.4, -0.2) is 32.2 Å². The first-order valence-electron chi connectivity index (χ1n) is 6.08. The van der Waals surface area contributed by atoms with E-state index in [1.54, 1.807) is 12.1 Å². The van der Waals surface area contributed by atoms with Crippen LogP contribution in [0.5, 0.6) is 0 Å². The van der Waals surface area contributed by atoms with Gasteiger partial charge in [-0.05, 0) is 30.5 Å². The first-order chi connectivity index (χ1) is 8.74. The Kier molecular flexibility index (Phi) is 4.66. The Morgan fingerprint density at radius 1 is 1.50 bits per heavy atom. The Bertz CT molecular complexity index is 406. The number of benzene rings is 1. The molecular weight excluding hydrogens is 235 g/mol. The van der Waals surface area contributed by atoms with E-state index in [4.69, 9.17) is 4.74 Å². The molecule has 1 atom stereocenters. The zero-order valence-corrected chi connectivity index (χ0v) is 10.1. The summed E-state index contributed by atoms with van der Waals surface area (Å²) in [6.45, 7) is 2.57. The van der Waals surface area contributed by atoms with E-state index in [-0.39, 0.29) is 18.3 Å². The number of nitrogens with one attached hydrogen (secondary N) is 2. The number of rotatable bonds is 5. The second-order valence-corrected chi connectivity index (χ2v) is 4.42. The van der Waals surface area contributed by atoms with Crippen molar-refractivity contribution in [3.63, 3.8) is 0 Å². The summed E-state index contributed by atoms with van der Waals surface area (Å²) < 4.78 is 18.1. The van der Waals surface area contributed by atoms with Gasteiger partial charge in [-0.15, -0.1) is 0 Å². The monoisotopic (exact) mass is 252 g/mol. The standard InChI is InChI=1S/C13H17FN2O2/c14-11-2-1-3-12(6-11)16-13(17)8-15-7-10-4-5-18-9-10/h1-3,6,10,15H,4-5,7-9H2,(H,16,17). The minimum absolute atomic E-state index is 0.167. The lowest BCUT2D eigenvalue weighted by Crippen LogP contribution is -2.31. The van der Waals surface area contributed by atoms with E-state index in [0.717, 1.165) is 26.2 Å². The number of carbonyl (C=O) groups excluding carboxylic acids is 1. The van der Waals surface area contributed by atoms with Crippen LogP contribution < -0.4 is 10.6 Å². The highest BCUT2D eigenvalue weighted by Gasteiger charge is 2.15. The van der Waals surface area contributed by atoms with Gasteiger partial charge in [-0.3, -0.25) is 4.79 Å². The molecule has 2 N–H and O–H groups in total. The largest absolute Gasteiger partial charge is 0.381 e. The Morgan fingerprint density at radius 2 is 2.39 bits per heavy atom. The molecule has 0 bridgehead atoms. The van der Waals surface area contributed by atoms with Crippen molar-refractivity contribution in [2.45, 2.75) is 6.42 Å². The van der Waals surface area contributed by atoms with Crippen LogP contribution in [0.3, 0.4) is 0 Å². The predicted molar refractivity (Wildman–Crippen MR) is 66.8 cm³/mol. The molecule has 1 aliphatic rings. The van der Waals surface area contributed by atoms with E-state index in [1.165, 1.54) is 12.1 Å². The van der Waals surface area contributed by atoms with Gasteiger partial charge in [0.15, 0.2) is 0 Å². The summed E-state index contributed by atoms with van der Waals surface area (Å²) >= 11 is 0. The molecule has 0 aromatic heterocycles. The van der Waals surface area contributed by atoms with E-state index in [1.807, 2.05) is 0 Å². The fourth-order valence-electron chi connectivity index (χ4n) is 1.91. The Balaban J connectivity index is 1.68. The fourth-order valence-corrected chi connectivity index (χ4v) is 1.91. The molecule has 0 spiro atoms. The Labute approximate surface area is 106 Å². The molecule has 0 aliphatic carbocycles. The Morgan fingerprint density at radius 3 is 3.11 bits per heavy atom.